The van der Waals surface area contributed by atoms with Crippen LogP contribution >= 0.6 is 0 Å². The summed E-state index contributed by atoms with van der Waals surface area (Å²) in [6, 6.07) is 11.1. The van der Waals surface area contributed by atoms with Crippen LogP contribution in [0.4, 0.5) is 24.5 Å². The molecule has 1 N–H and O–H groups in total. The largest absolute Gasteiger partial charge is 0.460 e. The molecule has 0 aromatic heterocycles. The summed E-state index contributed by atoms with van der Waals surface area (Å²) in [5.41, 5.74) is -0.0930. The third kappa shape index (κ3) is 26.5. The van der Waals surface area contributed by atoms with Gasteiger partial charge >= 0.3 is 12.1 Å². The Bertz CT molecular complexity index is 1210. The Kier molecular flexibility index (Phi) is 29.1. The number of benzene rings is 2. The summed E-state index contributed by atoms with van der Waals surface area (Å²) in [5.74, 6) is -0.629. The molecule has 0 atom stereocenters. The van der Waals surface area contributed by atoms with Crippen molar-refractivity contribution in [2.24, 2.45) is 0 Å². The lowest BCUT2D eigenvalue weighted by Crippen LogP contribution is -2.16. The molecule has 2 aromatic rings. The monoisotopic (exact) mass is 793 g/mol. The van der Waals surface area contributed by atoms with E-state index in [2.05, 4.69) is 5.32 Å². The second kappa shape index (κ2) is 33.2. The van der Waals surface area contributed by atoms with Gasteiger partial charge in [0, 0.05) is 12.3 Å². The first-order valence-corrected chi connectivity index (χ1v) is 18.5. The molecule has 14 nitrogen and oxygen atoms in total. The van der Waals surface area contributed by atoms with E-state index in [-0.39, 0.29) is 24.5 Å². The summed E-state index contributed by atoms with van der Waals surface area (Å²) < 4.78 is 104. The summed E-state index contributed by atoms with van der Waals surface area (Å²) in [6.45, 7) is 12.2. The Balaban J connectivity index is 1.28. The van der Waals surface area contributed by atoms with Gasteiger partial charge in [-0.3, -0.25) is 0 Å². The molecule has 0 heterocycles. The minimum Gasteiger partial charge on any atom is -0.460 e. The SMILES string of the molecule is CCOCCOCCOCCOCCOCCOCCOCCOCCOCCOCCOCCOC(=O)c1ccccc1Nc1cccc(C(F)(F)F)c1. The number of hydrogen-bond acceptors (Lipinski definition) is 14. The minimum atomic E-state index is -4.48. The lowest BCUT2D eigenvalue weighted by atomic mass is 10.1. The summed E-state index contributed by atoms with van der Waals surface area (Å²) in [5, 5.41) is 2.86. The number of halogens is 3. The maximum atomic E-state index is 13.1. The van der Waals surface area contributed by atoms with Crippen LogP contribution in [0.5, 0.6) is 0 Å². The second-order valence-corrected chi connectivity index (χ2v) is 11.2. The van der Waals surface area contributed by atoms with E-state index in [1.165, 1.54) is 18.2 Å². The van der Waals surface area contributed by atoms with E-state index in [1.54, 1.807) is 18.2 Å². The Morgan fingerprint density at radius 1 is 0.491 bits per heavy atom. The molecule has 0 amide bonds. The van der Waals surface area contributed by atoms with Crippen LogP contribution in [0.1, 0.15) is 22.8 Å². The maximum Gasteiger partial charge on any atom is 0.416 e. The molecule has 0 aliphatic heterocycles. The van der Waals surface area contributed by atoms with Crippen molar-refractivity contribution in [3.05, 3.63) is 59.7 Å². The Morgan fingerprint density at radius 2 is 0.855 bits per heavy atom. The minimum absolute atomic E-state index is 0.00266. The fraction of sp³-hybridized carbons (Fsp3) is 0.658. The quantitative estimate of drug-likeness (QED) is 0.0740. The van der Waals surface area contributed by atoms with Gasteiger partial charge in [-0.2, -0.15) is 13.2 Å². The molecule has 0 radical (unpaired) electrons. The fourth-order valence-corrected chi connectivity index (χ4v) is 4.31. The van der Waals surface area contributed by atoms with Crippen molar-refractivity contribution in [2.45, 2.75) is 13.1 Å². The zero-order chi connectivity index (χ0) is 39.5. The molecular weight excluding hydrogens is 735 g/mol. The molecule has 0 saturated heterocycles. The summed E-state index contributed by atoms with van der Waals surface area (Å²) in [7, 11) is 0. The van der Waals surface area contributed by atoms with Gasteiger partial charge in [0.2, 0.25) is 0 Å². The average molecular weight is 794 g/mol. The number of ether oxygens (including phenoxy) is 12. The van der Waals surface area contributed by atoms with Gasteiger partial charge < -0.3 is 62.2 Å². The molecule has 0 aliphatic rings. The second-order valence-electron chi connectivity index (χ2n) is 11.2. The predicted molar refractivity (Wildman–Crippen MR) is 196 cm³/mol. The summed E-state index contributed by atoms with van der Waals surface area (Å²) in [6.07, 6.45) is -4.48. The Labute approximate surface area is 322 Å². The van der Waals surface area contributed by atoms with Gasteiger partial charge in [-0.15, -0.1) is 0 Å². The van der Waals surface area contributed by atoms with Gasteiger partial charge in [0.05, 0.1) is 156 Å². The predicted octanol–water partition coefficient (Wildman–Crippen LogP) is 4.81. The van der Waals surface area contributed by atoms with E-state index in [1.807, 2.05) is 6.92 Å². The van der Waals surface area contributed by atoms with Crippen LogP contribution < -0.4 is 5.32 Å². The molecule has 17 heteroatoms. The molecule has 0 bridgehead atoms. The van der Waals surface area contributed by atoms with Gasteiger partial charge in [0.1, 0.15) is 6.61 Å². The molecule has 0 saturated carbocycles. The van der Waals surface area contributed by atoms with Gasteiger partial charge in [-0.25, -0.2) is 4.79 Å². The third-order valence-corrected chi connectivity index (χ3v) is 7.00. The number of alkyl halides is 3. The van der Waals surface area contributed by atoms with Crippen LogP contribution in [0.15, 0.2) is 48.5 Å². The molecule has 0 aliphatic carbocycles. The van der Waals surface area contributed by atoms with Crippen molar-refractivity contribution >= 4 is 17.3 Å². The number of para-hydroxylation sites is 1. The first-order valence-electron chi connectivity index (χ1n) is 18.5. The van der Waals surface area contributed by atoms with Crippen molar-refractivity contribution in [2.75, 3.05) is 157 Å². The molecule has 0 spiro atoms. The number of rotatable bonds is 37. The third-order valence-electron chi connectivity index (χ3n) is 7.00. The topological polar surface area (TPSA) is 140 Å². The molecule has 2 aromatic carbocycles. The molecular formula is C38H58F3NO13. The van der Waals surface area contributed by atoms with Crippen molar-refractivity contribution in [3.63, 3.8) is 0 Å². The first-order chi connectivity index (χ1) is 26.9. The Hall–Kier alpha value is -2.94. The number of carbonyl (C=O) groups excluding carboxylic acids is 1. The van der Waals surface area contributed by atoms with Crippen molar-refractivity contribution in [3.8, 4) is 0 Å². The van der Waals surface area contributed by atoms with Crippen LogP contribution in [0.2, 0.25) is 0 Å². The summed E-state index contributed by atoms with van der Waals surface area (Å²) >= 11 is 0. The number of carbonyl (C=O) groups is 1. The van der Waals surface area contributed by atoms with E-state index in [0.717, 1.165) is 12.1 Å². The summed E-state index contributed by atoms with van der Waals surface area (Å²) in [4.78, 5) is 12.6. The van der Waals surface area contributed by atoms with Crippen molar-refractivity contribution in [1.29, 1.82) is 0 Å². The highest BCUT2D eigenvalue weighted by molar-refractivity contribution is 5.96. The van der Waals surface area contributed by atoms with Gasteiger partial charge in [0.25, 0.3) is 0 Å². The zero-order valence-corrected chi connectivity index (χ0v) is 31.8. The number of hydrogen-bond donors (Lipinski definition) is 1. The van der Waals surface area contributed by atoms with Crippen LogP contribution in [-0.2, 0) is 63.0 Å². The first kappa shape index (κ1) is 48.2. The highest BCUT2D eigenvalue weighted by Gasteiger charge is 2.30. The molecule has 2 rings (SSSR count). The van der Waals surface area contributed by atoms with Crippen LogP contribution in [0, 0.1) is 0 Å². The van der Waals surface area contributed by atoms with E-state index in [0.29, 0.717) is 144 Å². The molecule has 314 valence electrons. The van der Waals surface area contributed by atoms with E-state index in [9.17, 15) is 18.0 Å². The maximum absolute atomic E-state index is 13.1. The molecule has 55 heavy (non-hydrogen) atoms. The number of anilines is 2. The lowest BCUT2D eigenvalue weighted by molar-refractivity contribution is -0.137. The van der Waals surface area contributed by atoms with Crippen LogP contribution in [0.25, 0.3) is 0 Å². The number of esters is 1. The van der Waals surface area contributed by atoms with Gasteiger partial charge in [-0.05, 0) is 37.3 Å². The smallest absolute Gasteiger partial charge is 0.416 e. The molecule has 0 unspecified atom stereocenters. The van der Waals surface area contributed by atoms with Crippen LogP contribution in [-0.4, -0.2) is 158 Å². The van der Waals surface area contributed by atoms with E-state index < -0.39 is 17.7 Å². The molecule has 0 fully saturated rings. The lowest BCUT2D eigenvalue weighted by Gasteiger charge is -2.13. The van der Waals surface area contributed by atoms with E-state index >= 15 is 0 Å². The highest BCUT2D eigenvalue weighted by atomic mass is 19.4. The van der Waals surface area contributed by atoms with Crippen LogP contribution in [0.3, 0.4) is 0 Å². The fourth-order valence-electron chi connectivity index (χ4n) is 4.31. The zero-order valence-electron chi connectivity index (χ0n) is 31.8. The van der Waals surface area contributed by atoms with E-state index in [4.69, 9.17) is 56.8 Å². The number of nitrogens with one attached hydrogen (secondary N) is 1. The Morgan fingerprint density at radius 3 is 1.24 bits per heavy atom. The van der Waals surface area contributed by atoms with Crippen molar-refractivity contribution < 1.29 is 74.8 Å². The van der Waals surface area contributed by atoms with Crippen molar-refractivity contribution in [1.82, 2.24) is 0 Å². The highest BCUT2D eigenvalue weighted by Crippen LogP contribution is 2.32. The van der Waals surface area contributed by atoms with Gasteiger partial charge in [0.15, 0.2) is 0 Å². The van der Waals surface area contributed by atoms with Gasteiger partial charge in [-0.1, -0.05) is 18.2 Å². The normalized spacial score (nSPS) is 11.6. The average Bonchev–Trinajstić information content (AvgIpc) is 3.18. The standard InChI is InChI=1S/C38H58F3NO13/c1-2-44-10-11-45-12-13-46-14-15-47-16-17-48-18-19-49-20-21-50-22-23-51-24-25-52-26-27-53-28-29-54-30-31-55-37(43)35-8-3-4-9-36(35)42-34-7-5-6-33(32-34)38(39,40)41/h3-9,32,42H,2,10-31H2,1H3.